The number of hydrogen-bond acceptors (Lipinski definition) is 5. The van der Waals surface area contributed by atoms with E-state index in [0.29, 0.717) is 16.5 Å². The Kier molecular flexibility index (Phi) is 5.23. The molecule has 0 aliphatic rings. The number of aliphatic hydroxyl groups is 1. The maximum absolute atomic E-state index is 9.08. The highest BCUT2D eigenvalue weighted by molar-refractivity contribution is 6.35. The van der Waals surface area contributed by atoms with Gasteiger partial charge >= 0.3 is 0 Å². The maximum Gasteiger partial charge on any atom is 0.142 e. The summed E-state index contributed by atoms with van der Waals surface area (Å²) in [5, 5.41) is 13.0. The summed E-state index contributed by atoms with van der Waals surface area (Å²) in [5.74, 6) is 1.57. The zero-order chi connectivity index (χ0) is 19.5. The van der Waals surface area contributed by atoms with Gasteiger partial charge in [-0.3, -0.25) is 4.98 Å². The molecule has 28 heavy (non-hydrogen) atoms. The number of aliphatic hydroxyl groups excluding tert-OH is 1. The van der Waals surface area contributed by atoms with E-state index in [1.807, 2.05) is 36.4 Å². The number of nitrogens with zero attached hydrogens (tertiary/aromatic N) is 4. The van der Waals surface area contributed by atoms with Gasteiger partial charge in [-0.05, 0) is 42.8 Å². The Bertz CT molecular complexity index is 1090. The summed E-state index contributed by atoms with van der Waals surface area (Å²) in [5.41, 5.74) is 4.20. The van der Waals surface area contributed by atoms with Crippen molar-refractivity contribution < 1.29 is 5.11 Å². The Morgan fingerprint density at radius 1 is 1.07 bits per heavy atom. The van der Waals surface area contributed by atoms with Crippen LogP contribution in [0.3, 0.4) is 0 Å². The average Bonchev–Trinajstić information content (AvgIpc) is 3.09. The number of anilines is 2. The van der Waals surface area contributed by atoms with Crippen molar-refractivity contribution >= 4 is 34.1 Å². The molecule has 142 valence electrons. The number of nitrogens with one attached hydrogen (secondary N) is 1. The highest BCUT2D eigenvalue weighted by Crippen LogP contribution is 2.30. The van der Waals surface area contributed by atoms with Crippen LogP contribution >= 0.6 is 11.6 Å². The predicted molar refractivity (Wildman–Crippen MR) is 112 cm³/mol. The zero-order valence-corrected chi connectivity index (χ0v) is 16.2. The standard InChI is InChI=1S/C21H20ClN5O/c1-2-10-27-20-17(22)4-3-5-18(20)26-21(27)14-6-9-19(24-11-14)25-15-7-8-16(13-28)23-12-15/h3-9,11-12,28H,2,10,13H2,1H3,(H,24,25). The second kappa shape index (κ2) is 7.96. The number of hydrogen-bond donors (Lipinski definition) is 2. The summed E-state index contributed by atoms with van der Waals surface area (Å²) in [7, 11) is 0. The second-order valence-corrected chi connectivity index (χ2v) is 6.86. The molecule has 0 unspecified atom stereocenters. The van der Waals surface area contributed by atoms with E-state index in [9.17, 15) is 0 Å². The van der Waals surface area contributed by atoms with E-state index in [1.54, 1.807) is 18.5 Å². The summed E-state index contributed by atoms with van der Waals surface area (Å²) in [6, 6.07) is 13.3. The fraction of sp³-hybridized carbons (Fsp3) is 0.190. The molecular formula is C21H20ClN5O. The van der Waals surface area contributed by atoms with Gasteiger partial charge in [-0.25, -0.2) is 9.97 Å². The van der Waals surface area contributed by atoms with E-state index < -0.39 is 0 Å². The Balaban J connectivity index is 1.65. The Hall–Kier alpha value is -2.96. The SMILES string of the molecule is CCCn1c(-c2ccc(Nc3ccc(CO)nc3)nc2)nc2cccc(Cl)c21. The van der Waals surface area contributed by atoms with E-state index in [4.69, 9.17) is 21.7 Å². The average molecular weight is 394 g/mol. The fourth-order valence-electron chi connectivity index (χ4n) is 3.14. The number of imidazole rings is 1. The van der Waals surface area contributed by atoms with Crippen LogP contribution in [0, 0.1) is 0 Å². The first-order chi connectivity index (χ1) is 13.7. The van der Waals surface area contributed by atoms with Crippen molar-refractivity contribution in [1.29, 1.82) is 0 Å². The first-order valence-corrected chi connectivity index (χ1v) is 9.51. The van der Waals surface area contributed by atoms with E-state index >= 15 is 0 Å². The highest BCUT2D eigenvalue weighted by Gasteiger charge is 2.14. The predicted octanol–water partition coefficient (Wildman–Crippen LogP) is 4.79. The molecule has 3 aromatic heterocycles. The van der Waals surface area contributed by atoms with Crippen molar-refractivity contribution in [1.82, 2.24) is 19.5 Å². The van der Waals surface area contributed by atoms with Crippen LogP contribution in [0.4, 0.5) is 11.5 Å². The fourth-order valence-corrected chi connectivity index (χ4v) is 3.41. The minimum absolute atomic E-state index is 0.0734. The maximum atomic E-state index is 9.08. The number of aromatic nitrogens is 4. The van der Waals surface area contributed by atoms with Crippen molar-refractivity contribution in [2.45, 2.75) is 26.5 Å². The molecule has 1 aromatic carbocycles. The molecule has 7 heteroatoms. The topological polar surface area (TPSA) is 75.9 Å². The van der Waals surface area contributed by atoms with Gasteiger partial charge in [0.15, 0.2) is 0 Å². The molecule has 0 aliphatic carbocycles. The normalized spacial score (nSPS) is 11.1. The van der Waals surface area contributed by atoms with Crippen LogP contribution in [0.1, 0.15) is 19.0 Å². The first-order valence-electron chi connectivity index (χ1n) is 9.13. The largest absolute Gasteiger partial charge is 0.390 e. The van der Waals surface area contributed by atoms with Gasteiger partial charge in [-0.15, -0.1) is 0 Å². The van der Waals surface area contributed by atoms with Crippen molar-refractivity contribution in [3.8, 4) is 11.4 Å². The van der Waals surface area contributed by atoms with E-state index in [2.05, 4.69) is 26.8 Å². The van der Waals surface area contributed by atoms with Gasteiger partial charge in [0.25, 0.3) is 0 Å². The lowest BCUT2D eigenvalue weighted by Gasteiger charge is -2.10. The van der Waals surface area contributed by atoms with Crippen LogP contribution in [0.25, 0.3) is 22.4 Å². The Morgan fingerprint density at radius 2 is 1.96 bits per heavy atom. The van der Waals surface area contributed by atoms with Crippen molar-refractivity contribution in [3.05, 3.63) is 65.6 Å². The molecule has 0 bridgehead atoms. The number of para-hydroxylation sites is 1. The molecule has 0 aliphatic heterocycles. The van der Waals surface area contributed by atoms with Crippen LogP contribution in [-0.4, -0.2) is 24.6 Å². The number of aryl methyl sites for hydroxylation is 1. The van der Waals surface area contributed by atoms with Gasteiger partial charge in [-0.2, -0.15) is 0 Å². The monoisotopic (exact) mass is 393 g/mol. The first kappa shape index (κ1) is 18.4. The van der Waals surface area contributed by atoms with Crippen LogP contribution in [0.5, 0.6) is 0 Å². The van der Waals surface area contributed by atoms with Gasteiger partial charge in [0.1, 0.15) is 11.6 Å². The summed E-state index contributed by atoms with van der Waals surface area (Å²) in [6.07, 6.45) is 4.45. The molecule has 0 fully saturated rings. The molecule has 0 spiro atoms. The summed E-state index contributed by atoms with van der Waals surface area (Å²) in [4.78, 5) is 13.4. The molecule has 0 atom stereocenters. The van der Waals surface area contributed by atoms with Crippen LogP contribution in [0.15, 0.2) is 54.9 Å². The Labute approximate surface area is 167 Å². The highest BCUT2D eigenvalue weighted by atomic mass is 35.5. The third-order valence-electron chi connectivity index (χ3n) is 4.45. The molecule has 4 rings (SSSR count). The van der Waals surface area contributed by atoms with Gasteiger partial charge in [0.2, 0.25) is 0 Å². The molecule has 2 N–H and O–H groups in total. The molecule has 0 amide bonds. The second-order valence-electron chi connectivity index (χ2n) is 6.45. The summed E-state index contributed by atoms with van der Waals surface area (Å²) < 4.78 is 2.15. The molecule has 0 radical (unpaired) electrons. The van der Waals surface area contributed by atoms with Crippen molar-refractivity contribution in [3.63, 3.8) is 0 Å². The Morgan fingerprint density at radius 3 is 2.64 bits per heavy atom. The number of benzene rings is 1. The molecule has 3 heterocycles. The van der Waals surface area contributed by atoms with Crippen molar-refractivity contribution in [2.24, 2.45) is 0 Å². The van der Waals surface area contributed by atoms with Crippen LogP contribution in [-0.2, 0) is 13.2 Å². The summed E-state index contributed by atoms with van der Waals surface area (Å²) >= 11 is 6.43. The lowest BCUT2D eigenvalue weighted by molar-refractivity contribution is 0.277. The quantitative estimate of drug-likeness (QED) is 0.492. The lowest BCUT2D eigenvalue weighted by Crippen LogP contribution is -2.01. The summed E-state index contributed by atoms with van der Waals surface area (Å²) in [6.45, 7) is 2.89. The lowest BCUT2D eigenvalue weighted by atomic mass is 10.2. The van der Waals surface area contributed by atoms with E-state index in [1.165, 1.54) is 0 Å². The molecule has 6 nitrogen and oxygen atoms in total. The van der Waals surface area contributed by atoms with Crippen LogP contribution in [0.2, 0.25) is 5.02 Å². The van der Waals surface area contributed by atoms with Crippen molar-refractivity contribution in [2.75, 3.05) is 5.32 Å². The van der Waals surface area contributed by atoms with Gasteiger partial charge in [0, 0.05) is 18.3 Å². The molecule has 0 saturated heterocycles. The third-order valence-corrected chi connectivity index (χ3v) is 4.75. The molecular weight excluding hydrogens is 374 g/mol. The number of halogens is 1. The van der Waals surface area contributed by atoms with E-state index in [0.717, 1.165) is 41.1 Å². The molecule has 0 saturated carbocycles. The van der Waals surface area contributed by atoms with Gasteiger partial charge in [-0.1, -0.05) is 24.6 Å². The minimum Gasteiger partial charge on any atom is -0.390 e. The van der Waals surface area contributed by atoms with Gasteiger partial charge in [0.05, 0.1) is 40.2 Å². The third kappa shape index (κ3) is 3.56. The number of rotatable bonds is 6. The van der Waals surface area contributed by atoms with Crippen LogP contribution < -0.4 is 5.32 Å². The van der Waals surface area contributed by atoms with Gasteiger partial charge < -0.3 is 15.0 Å². The van der Waals surface area contributed by atoms with E-state index in [-0.39, 0.29) is 6.61 Å². The minimum atomic E-state index is -0.0734. The number of fused-ring (bicyclic) bond motifs is 1. The zero-order valence-electron chi connectivity index (χ0n) is 15.4. The molecule has 4 aromatic rings. The smallest absolute Gasteiger partial charge is 0.142 e. The number of pyridine rings is 2.